The van der Waals surface area contributed by atoms with Crippen LogP contribution in [0.1, 0.15) is 13.8 Å². The van der Waals surface area contributed by atoms with Crippen molar-refractivity contribution in [2.45, 2.75) is 19.9 Å². The van der Waals surface area contributed by atoms with Gasteiger partial charge in [-0.25, -0.2) is 9.37 Å². The molecular weight excluding hydrogens is 470 g/mol. The number of hydrogen-bond acceptors (Lipinski definition) is 5. The van der Waals surface area contributed by atoms with Crippen molar-refractivity contribution in [3.05, 3.63) is 64.0 Å². The van der Waals surface area contributed by atoms with Crippen LogP contribution >= 0.6 is 22.6 Å². The molecule has 2 aromatic carbocycles. The molecule has 0 aliphatic heterocycles. The van der Waals surface area contributed by atoms with Crippen molar-refractivity contribution in [1.29, 1.82) is 0 Å². The lowest BCUT2D eigenvalue weighted by molar-refractivity contribution is 0.248. The highest BCUT2D eigenvalue weighted by Crippen LogP contribution is 2.26. The zero-order valence-corrected chi connectivity index (χ0v) is 17.8. The summed E-state index contributed by atoms with van der Waals surface area (Å²) in [5, 5.41) is 15.8. The van der Waals surface area contributed by atoms with Crippen molar-refractivity contribution < 1.29 is 9.50 Å². The maximum absolute atomic E-state index is 14.3. The molecule has 0 bridgehead atoms. The first kappa shape index (κ1) is 20.5. The van der Waals surface area contributed by atoms with Crippen LogP contribution in [0, 0.1) is 15.3 Å². The molecule has 1 aromatic heterocycles. The molecule has 0 spiro atoms. The van der Waals surface area contributed by atoms with E-state index in [0.29, 0.717) is 23.1 Å². The number of hydrogen-bond donors (Lipinski definition) is 3. The monoisotopic (exact) mass is 492 g/mol. The van der Waals surface area contributed by atoms with Gasteiger partial charge in [0.15, 0.2) is 0 Å². The molecule has 0 aliphatic carbocycles. The van der Waals surface area contributed by atoms with Crippen molar-refractivity contribution in [2.24, 2.45) is 5.92 Å². The molecule has 3 rings (SSSR count). The summed E-state index contributed by atoms with van der Waals surface area (Å²) in [6.07, 6.45) is 0. The Bertz CT molecular complexity index is 937. The van der Waals surface area contributed by atoms with Crippen LogP contribution in [0.4, 0.5) is 21.8 Å². The van der Waals surface area contributed by atoms with E-state index < -0.39 is 0 Å². The lowest BCUT2D eigenvalue weighted by Gasteiger charge is -2.20. The van der Waals surface area contributed by atoms with Gasteiger partial charge in [0, 0.05) is 15.2 Å². The maximum atomic E-state index is 14.3. The molecule has 146 valence electrons. The van der Waals surface area contributed by atoms with Crippen LogP contribution in [0.5, 0.6) is 0 Å². The molecule has 3 aromatic rings. The fourth-order valence-electron chi connectivity index (χ4n) is 2.65. The predicted molar refractivity (Wildman–Crippen MR) is 119 cm³/mol. The number of aromatic nitrogens is 2. The lowest BCUT2D eigenvalue weighted by atomic mass is 10.1. The molecule has 1 atom stereocenters. The van der Waals surface area contributed by atoms with Crippen LogP contribution in [-0.4, -0.2) is 27.7 Å². The Morgan fingerprint density at radius 1 is 1.07 bits per heavy atom. The molecule has 0 fully saturated rings. The lowest BCUT2D eigenvalue weighted by Crippen LogP contribution is -2.30. The molecule has 7 heteroatoms. The summed E-state index contributed by atoms with van der Waals surface area (Å²) in [6, 6.07) is 16.3. The minimum absolute atomic E-state index is 0.0366. The van der Waals surface area contributed by atoms with Gasteiger partial charge >= 0.3 is 0 Å². The number of nitrogens with zero attached hydrogens (tertiary/aromatic N) is 2. The zero-order valence-electron chi connectivity index (χ0n) is 15.7. The first-order chi connectivity index (χ1) is 13.5. The molecule has 3 N–H and O–H groups in total. The van der Waals surface area contributed by atoms with Crippen LogP contribution in [0.15, 0.2) is 54.6 Å². The molecule has 0 unspecified atom stereocenters. The highest BCUT2D eigenvalue weighted by atomic mass is 127. The van der Waals surface area contributed by atoms with Crippen LogP contribution in [0.3, 0.4) is 0 Å². The molecule has 0 aliphatic rings. The SMILES string of the molecule is CC(C)[C@@H](CO)Nc1nc(Nc2ccc(I)cc2F)cc(-c2ccccc2)n1. The summed E-state index contributed by atoms with van der Waals surface area (Å²) in [5.41, 5.74) is 1.96. The van der Waals surface area contributed by atoms with Crippen molar-refractivity contribution in [1.82, 2.24) is 9.97 Å². The Labute approximate surface area is 177 Å². The first-order valence-electron chi connectivity index (χ1n) is 9.00. The highest BCUT2D eigenvalue weighted by Gasteiger charge is 2.15. The topological polar surface area (TPSA) is 70.1 Å². The molecule has 28 heavy (non-hydrogen) atoms. The first-order valence-corrected chi connectivity index (χ1v) is 10.1. The smallest absolute Gasteiger partial charge is 0.225 e. The zero-order chi connectivity index (χ0) is 20.1. The van der Waals surface area contributed by atoms with Crippen molar-refractivity contribution in [2.75, 3.05) is 17.2 Å². The third-order valence-electron chi connectivity index (χ3n) is 4.31. The number of aliphatic hydroxyl groups excluding tert-OH is 1. The Kier molecular flexibility index (Phi) is 6.79. The summed E-state index contributed by atoms with van der Waals surface area (Å²) in [6.45, 7) is 3.98. The standard InChI is InChI=1S/C21H22FIN4O/c1-13(2)19(12-28)26-21-25-18(14-6-4-3-5-7-14)11-20(27-21)24-17-9-8-15(23)10-16(17)22/h3-11,13,19,28H,12H2,1-2H3,(H2,24,25,26,27)/t19-/m1/s1. The van der Waals surface area contributed by atoms with E-state index >= 15 is 0 Å². The molecule has 0 saturated carbocycles. The second kappa shape index (κ2) is 9.29. The predicted octanol–water partition coefficient (Wildman–Crippen LogP) is 5.06. The number of nitrogens with one attached hydrogen (secondary N) is 2. The van der Waals surface area contributed by atoms with E-state index in [1.807, 2.05) is 50.2 Å². The summed E-state index contributed by atoms with van der Waals surface area (Å²) in [4.78, 5) is 9.06. The van der Waals surface area contributed by atoms with Gasteiger partial charge in [-0.3, -0.25) is 0 Å². The van der Waals surface area contributed by atoms with E-state index in [1.54, 1.807) is 12.1 Å². The Morgan fingerprint density at radius 2 is 1.82 bits per heavy atom. The van der Waals surface area contributed by atoms with E-state index in [2.05, 4.69) is 43.2 Å². The van der Waals surface area contributed by atoms with Gasteiger partial charge in [-0.1, -0.05) is 44.2 Å². The van der Waals surface area contributed by atoms with E-state index in [1.165, 1.54) is 6.07 Å². The third kappa shape index (κ3) is 5.17. The summed E-state index contributed by atoms with van der Waals surface area (Å²) >= 11 is 2.07. The quantitative estimate of drug-likeness (QED) is 0.403. The van der Waals surface area contributed by atoms with Gasteiger partial charge < -0.3 is 15.7 Å². The van der Waals surface area contributed by atoms with Crippen LogP contribution in [-0.2, 0) is 0 Å². The van der Waals surface area contributed by atoms with Gasteiger partial charge in [0.05, 0.1) is 24.0 Å². The van der Waals surface area contributed by atoms with Crippen molar-refractivity contribution in [3.8, 4) is 11.3 Å². The average molecular weight is 492 g/mol. The van der Waals surface area contributed by atoms with E-state index in [9.17, 15) is 9.50 Å². The summed E-state index contributed by atoms with van der Waals surface area (Å²) < 4.78 is 15.1. The van der Waals surface area contributed by atoms with Crippen LogP contribution in [0.25, 0.3) is 11.3 Å². The van der Waals surface area contributed by atoms with Crippen molar-refractivity contribution >= 4 is 40.0 Å². The molecule has 0 amide bonds. The summed E-state index contributed by atoms with van der Waals surface area (Å²) in [7, 11) is 0. The Hall–Kier alpha value is -2.26. The highest BCUT2D eigenvalue weighted by molar-refractivity contribution is 14.1. The second-order valence-corrected chi connectivity index (χ2v) is 8.00. The van der Waals surface area contributed by atoms with E-state index in [0.717, 1.165) is 9.13 Å². The fourth-order valence-corrected chi connectivity index (χ4v) is 3.10. The minimum atomic E-state index is -0.350. The number of halogens is 2. The average Bonchev–Trinajstić information content (AvgIpc) is 2.68. The van der Waals surface area contributed by atoms with Gasteiger partial charge in [0.25, 0.3) is 0 Å². The molecule has 0 radical (unpaired) electrons. The van der Waals surface area contributed by atoms with Gasteiger partial charge in [-0.15, -0.1) is 0 Å². The number of benzene rings is 2. The van der Waals surface area contributed by atoms with Gasteiger partial charge in [-0.2, -0.15) is 4.98 Å². The minimum Gasteiger partial charge on any atom is -0.394 e. The number of rotatable bonds is 7. The van der Waals surface area contributed by atoms with Gasteiger partial charge in [0.2, 0.25) is 5.95 Å². The normalized spacial score (nSPS) is 12.1. The molecule has 0 saturated heterocycles. The fraction of sp³-hybridized carbons (Fsp3) is 0.238. The molecule has 5 nitrogen and oxygen atoms in total. The van der Waals surface area contributed by atoms with E-state index in [4.69, 9.17) is 0 Å². The third-order valence-corrected chi connectivity index (χ3v) is 4.98. The van der Waals surface area contributed by atoms with Crippen LogP contribution < -0.4 is 10.6 Å². The molecule has 1 heterocycles. The number of anilines is 3. The largest absolute Gasteiger partial charge is 0.394 e. The van der Waals surface area contributed by atoms with Crippen LogP contribution in [0.2, 0.25) is 0 Å². The Morgan fingerprint density at radius 3 is 2.46 bits per heavy atom. The van der Waals surface area contributed by atoms with Crippen molar-refractivity contribution in [3.63, 3.8) is 0 Å². The number of aliphatic hydroxyl groups is 1. The second-order valence-electron chi connectivity index (χ2n) is 6.75. The van der Waals surface area contributed by atoms with Gasteiger partial charge in [-0.05, 0) is 46.7 Å². The Balaban J connectivity index is 1.99. The maximum Gasteiger partial charge on any atom is 0.225 e. The molecular formula is C21H22FIN4O. The van der Waals surface area contributed by atoms with E-state index in [-0.39, 0.29) is 24.4 Å². The van der Waals surface area contributed by atoms with Gasteiger partial charge in [0.1, 0.15) is 11.6 Å². The summed E-state index contributed by atoms with van der Waals surface area (Å²) in [5.74, 6) is 0.690.